The zero-order valence-electron chi connectivity index (χ0n) is 27.1. The fourth-order valence-electron chi connectivity index (χ4n) is 6.81. The van der Waals surface area contributed by atoms with Crippen LogP contribution in [0.4, 0.5) is 10.5 Å². The molecule has 258 valence electrons. The van der Waals surface area contributed by atoms with Gasteiger partial charge in [0.1, 0.15) is 18.0 Å². The third-order valence-corrected chi connectivity index (χ3v) is 9.12. The topological polar surface area (TPSA) is 140 Å². The number of urea groups is 1. The first kappa shape index (κ1) is 34.0. The number of carbonyl (C=O) groups excluding carboxylic acids is 3. The number of aromatic nitrogens is 2. The number of phenolic OH excluding ortho intramolecular Hbond substituents is 1. The summed E-state index contributed by atoms with van der Waals surface area (Å²) in [7, 11) is 1.71. The number of aromatic hydroxyl groups is 1. The van der Waals surface area contributed by atoms with Gasteiger partial charge in [-0.15, -0.1) is 0 Å². The summed E-state index contributed by atoms with van der Waals surface area (Å²) in [6.07, 6.45) is 1.45. The maximum Gasteiger partial charge on any atom is 0.334 e. The summed E-state index contributed by atoms with van der Waals surface area (Å²) in [6.45, 7) is 1.14. The van der Waals surface area contributed by atoms with Crippen LogP contribution in [0.5, 0.6) is 5.75 Å². The van der Waals surface area contributed by atoms with E-state index in [1.54, 1.807) is 51.1 Å². The molecule has 7 rings (SSSR count). The second-order valence-corrected chi connectivity index (χ2v) is 12.6. The molecule has 4 N–H and O–H groups in total. The molecule has 0 unspecified atom stereocenters. The lowest BCUT2D eigenvalue weighted by Gasteiger charge is -2.54. The number of amides is 4. The highest BCUT2D eigenvalue weighted by Gasteiger charge is 2.50. The minimum absolute atomic E-state index is 0. The predicted octanol–water partition coefficient (Wildman–Crippen LogP) is 4.19. The van der Waals surface area contributed by atoms with Crippen LogP contribution in [0.15, 0.2) is 103 Å². The minimum atomic E-state index is -0.866. The minimum Gasteiger partial charge on any atom is -0.508 e. The number of piperazine rings is 1. The van der Waals surface area contributed by atoms with Gasteiger partial charge in [-0.25, -0.2) is 14.8 Å². The second kappa shape index (κ2) is 14.3. The molecule has 0 spiro atoms. The van der Waals surface area contributed by atoms with Crippen molar-refractivity contribution in [2.24, 2.45) is 0 Å². The van der Waals surface area contributed by atoms with Crippen molar-refractivity contribution < 1.29 is 19.5 Å². The summed E-state index contributed by atoms with van der Waals surface area (Å²) >= 11 is 0. The van der Waals surface area contributed by atoms with E-state index in [1.165, 1.54) is 0 Å². The van der Waals surface area contributed by atoms with Crippen molar-refractivity contribution in [2.45, 2.75) is 45.7 Å². The third kappa shape index (κ3) is 6.96. The van der Waals surface area contributed by atoms with Crippen LogP contribution in [-0.4, -0.2) is 84.9 Å². The molecule has 0 saturated carbocycles. The van der Waals surface area contributed by atoms with E-state index in [0.717, 1.165) is 33.2 Å². The summed E-state index contributed by atoms with van der Waals surface area (Å²) in [6, 6.07) is 28.6. The van der Waals surface area contributed by atoms with E-state index in [-0.39, 0.29) is 57.1 Å². The zero-order valence-corrected chi connectivity index (χ0v) is 27.1. The SMILES string of the molecule is C.CN1CC(=O)N2[C@@H](Cc3ccc(O)cc3)C(=O)N(Cc3cccc4cn(Cc5cccc(N)c5)nc34)C[C@@H]2N1C(=O)NCc1ccccc1. The summed E-state index contributed by atoms with van der Waals surface area (Å²) in [4.78, 5) is 45.2. The van der Waals surface area contributed by atoms with E-state index in [0.29, 0.717) is 18.8 Å². The number of hydrogen-bond acceptors (Lipinski definition) is 7. The third-order valence-electron chi connectivity index (χ3n) is 9.12. The Morgan fingerprint density at radius 3 is 2.42 bits per heavy atom. The van der Waals surface area contributed by atoms with Crippen LogP contribution in [0.25, 0.3) is 10.9 Å². The molecule has 50 heavy (non-hydrogen) atoms. The highest BCUT2D eigenvalue weighted by Crippen LogP contribution is 2.30. The molecular weight excluding hydrogens is 632 g/mol. The van der Waals surface area contributed by atoms with E-state index in [2.05, 4.69) is 5.32 Å². The van der Waals surface area contributed by atoms with Crippen molar-refractivity contribution in [1.82, 2.24) is 34.9 Å². The number of phenols is 1. The Morgan fingerprint density at radius 2 is 1.66 bits per heavy atom. The lowest BCUT2D eigenvalue weighted by atomic mass is 9.98. The molecule has 2 fully saturated rings. The lowest BCUT2D eigenvalue weighted by Crippen LogP contribution is -2.76. The number of hydrazine groups is 1. The van der Waals surface area contributed by atoms with Gasteiger partial charge in [-0.05, 0) is 46.5 Å². The van der Waals surface area contributed by atoms with Crippen LogP contribution in [0.3, 0.4) is 0 Å². The highest BCUT2D eigenvalue weighted by molar-refractivity contribution is 5.92. The van der Waals surface area contributed by atoms with Gasteiger partial charge in [0, 0.05) is 43.8 Å². The summed E-state index contributed by atoms with van der Waals surface area (Å²) in [5.74, 6) is -0.347. The number of carbonyl (C=O) groups is 3. The fraction of sp³-hybridized carbons (Fsp3) is 0.263. The fourth-order valence-corrected chi connectivity index (χ4v) is 6.81. The molecule has 0 radical (unpaired) electrons. The van der Waals surface area contributed by atoms with Crippen LogP contribution < -0.4 is 11.1 Å². The average Bonchev–Trinajstić information content (AvgIpc) is 3.50. The monoisotopic (exact) mass is 674 g/mol. The lowest BCUT2D eigenvalue weighted by molar-refractivity contribution is -0.187. The maximum absolute atomic E-state index is 14.4. The summed E-state index contributed by atoms with van der Waals surface area (Å²) < 4.78 is 1.86. The predicted molar refractivity (Wildman–Crippen MR) is 191 cm³/mol. The number of hydrogen-bond donors (Lipinski definition) is 3. The number of benzene rings is 4. The van der Waals surface area contributed by atoms with E-state index >= 15 is 0 Å². The van der Waals surface area contributed by atoms with Gasteiger partial charge in [0.25, 0.3) is 0 Å². The highest BCUT2D eigenvalue weighted by atomic mass is 16.3. The average molecular weight is 675 g/mol. The van der Waals surface area contributed by atoms with Crippen LogP contribution >= 0.6 is 0 Å². The number of rotatable bonds is 8. The Labute approximate surface area is 291 Å². The van der Waals surface area contributed by atoms with E-state index < -0.39 is 12.2 Å². The van der Waals surface area contributed by atoms with Gasteiger partial charge in [-0.3, -0.25) is 14.3 Å². The van der Waals surface area contributed by atoms with Gasteiger partial charge < -0.3 is 26.0 Å². The number of nitrogens with two attached hydrogens (primary N) is 1. The molecule has 2 aliphatic rings. The van der Waals surface area contributed by atoms with Crippen molar-refractivity contribution >= 4 is 34.4 Å². The normalized spacial score (nSPS) is 17.8. The van der Waals surface area contributed by atoms with Crippen molar-refractivity contribution in [1.29, 1.82) is 0 Å². The molecule has 4 aromatic carbocycles. The molecule has 0 aliphatic carbocycles. The number of fused-ring (bicyclic) bond motifs is 2. The van der Waals surface area contributed by atoms with Crippen molar-refractivity contribution in [3.05, 3.63) is 126 Å². The number of likely N-dealkylation sites (N-methyl/N-ethyl adjacent to an activating group) is 1. The van der Waals surface area contributed by atoms with E-state index in [4.69, 9.17) is 10.8 Å². The summed E-state index contributed by atoms with van der Waals surface area (Å²) in [5.41, 5.74) is 11.0. The van der Waals surface area contributed by atoms with Crippen molar-refractivity contribution in [3.8, 4) is 5.75 Å². The standard InChI is InChI=1S/C37H38N8O4.CH4/c1-41-24-34(47)44-32(18-25-13-15-31(46)16-14-25)36(48)42(23-33(44)45(41)37(49)39-19-26-7-3-2-4-8-26)21-28-10-6-11-29-22-43(40-35(28)29)20-27-9-5-12-30(38)17-27;/h2-17,22,32-33,46H,18-21,23-24,38H2,1H3,(H,39,49);1H4/t32-,33-;/m0./s1. The van der Waals surface area contributed by atoms with Crippen LogP contribution in [-0.2, 0) is 35.6 Å². The first-order valence-corrected chi connectivity index (χ1v) is 16.2. The van der Waals surface area contributed by atoms with Crippen LogP contribution in [0.2, 0.25) is 0 Å². The molecule has 12 heteroatoms. The molecule has 2 atom stereocenters. The largest absolute Gasteiger partial charge is 0.508 e. The molecule has 4 amide bonds. The second-order valence-electron chi connectivity index (χ2n) is 12.6. The smallest absolute Gasteiger partial charge is 0.334 e. The molecule has 3 heterocycles. The van der Waals surface area contributed by atoms with Gasteiger partial charge in [0.05, 0.1) is 25.2 Å². The van der Waals surface area contributed by atoms with E-state index in [1.807, 2.05) is 83.7 Å². The number of nitrogens with zero attached hydrogens (tertiary/aromatic N) is 6. The molecule has 0 bridgehead atoms. The molecule has 12 nitrogen and oxygen atoms in total. The number of nitrogen functional groups attached to an aromatic ring is 1. The van der Waals surface area contributed by atoms with Crippen molar-refractivity contribution in [2.75, 3.05) is 25.9 Å². The molecule has 5 aromatic rings. The Balaban J connectivity index is 0.00000432. The molecular formula is C38H42N8O4. The first-order chi connectivity index (χ1) is 23.7. The van der Waals surface area contributed by atoms with Crippen LogP contribution in [0.1, 0.15) is 29.7 Å². The maximum atomic E-state index is 14.4. The van der Waals surface area contributed by atoms with Crippen molar-refractivity contribution in [3.63, 3.8) is 0 Å². The Bertz CT molecular complexity index is 2000. The Hall–Kier alpha value is -5.88. The van der Waals surface area contributed by atoms with Gasteiger partial charge in [-0.2, -0.15) is 5.10 Å². The molecule has 2 saturated heterocycles. The van der Waals surface area contributed by atoms with E-state index in [9.17, 15) is 19.5 Å². The molecule has 2 aliphatic heterocycles. The van der Waals surface area contributed by atoms with Crippen LogP contribution in [0, 0.1) is 0 Å². The number of anilines is 1. The number of nitrogens with one attached hydrogen (secondary N) is 1. The van der Waals surface area contributed by atoms with Gasteiger partial charge in [0.15, 0.2) is 0 Å². The van der Waals surface area contributed by atoms with Gasteiger partial charge in [-0.1, -0.05) is 80.2 Å². The van der Waals surface area contributed by atoms with Gasteiger partial charge in [0.2, 0.25) is 11.8 Å². The summed E-state index contributed by atoms with van der Waals surface area (Å²) in [5, 5.41) is 21.9. The quantitative estimate of drug-likeness (QED) is 0.210. The first-order valence-electron chi connectivity index (χ1n) is 16.2. The Kier molecular flexibility index (Phi) is 9.73. The Morgan fingerprint density at radius 1 is 0.920 bits per heavy atom. The molecule has 1 aromatic heterocycles. The van der Waals surface area contributed by atoms with Gasteiger partial charge >= 0.3 is 6.03 Å². The zero-order chi connectivity index (χ0) is 34.1.